The van der Waals surface area contributed by atoms with Crippen molar-refractivity contribution in [1.29, 1.82) is 5.26 Å². The molecule has 0 aromatic carbocycles. The average Bonchev–Trinajstić information content (AvgIpc) is 2.46. The molecule has 70 valence electrons. The van der Waals surface area contributed by atoms with Gasteiger partial charge in [-0.3, -0.25) is 0 Å². The standard InChI is InChI=1S/C9H12FN3/c1-2-3-6-13-9(10)8(4-5-11)7-12-13/h7H,2-4,6H2,1H3. The summed E-state index contributed by atoms with van der Waals surface area (Å²) in [5.74, 6) is -0.366. The van der Waals surface area contributed by atoms with E-state index in [1.807, 2.05) is 13.0 Å². The topological polar surface area (TPSA) is 41.6 Å². The largest absolute Gasteiger partial charge is 0.239 e. The molecule has 4 heteroatoms. The van der Waals surface area contributed by atoms with Crippen molar-refractivity contribution >= 4 is 0 Å². The van der Waals surface area contributed by atoms with E-state index in [2.05, 4.69) is 5.10 Å². The lowest BCUT2D eigenvalue weighted by Crippen LogP contribution is -2.03. The van der Waals surface area contributed by atoms with E-state index in [1.54, 1.807) is 0 Å². The summed E-state index contributed by atoms with van der Waals surface area (Å²) in [7, 11) is 0. The van der Waals surface area contributed by atoms with Crippen molar-refractivity contribution in [2.45, 2.75) is 32.7 Å². The van der Waals surface area contributed by atoms with Crippen molar-refractivity contribution < 1.29 is 4.39 Å². The van der Waals surface area contributed by atoms with Crippen LogP contribution in [0, 0.1) is 17.3 Å². The molecule has 3 nitrogen and oxygen atoms in total. The molecule has 1 rings (SSSR count). The molecule has 13 heavy (non-hydrogen) atoms. The van der Waals surface area contributed by atoms with E-state index in [1.165, 1.54) is 10.9 Å². The maximum Gasteiger partial charge on any atom is 0.215 e. The van der Waals surface area contributed by atoms with Crippen LogP contribution in [0.3, 0.4) is 0 Å². The molecule has 0 fully saturated rings. The number of hydrogen-bond acceptors (Lipinski definition) is 2. The predicted octanol–water partition coefficient (Wildman–Crippen LogP) is 1.89. The number of unbranched alkanes of at least 4 members (excludes halogenated alkanes) is 1. The third-order valence-electron chi connectivity index (χ3n) is 1.84. The van der Waals surface area contributed by atoms with Gasteiger partial charge in [-0.15, -0.1) is 0 Å². The van der Waals surface area contributed by atoms with Crippen LogP contribution in [-0.4, -0.2) is 9.78 Å². The van der Waals surface area contributed by atoms with Gasteiger partial charge in [0.1, 0.15) is 0 Å². The van der Waals surface area contributed by atoms with Gasteiger partial charge in [0.25, 0.3) is 0 Å². The van der Waals surface area contributed by atoms with Gasteiger partial charge in [0, 0.05) is 12.1 Å². The van der Waals surface area contributed by atoms with Gasteiger partial charge in [-0.25, -0.2) is 4.68 Å². The van der Waals surface area contributed by atoms with Crippen LogP contribution in [0.15, 0.2) is 6.20 Å². The Kier molecular flexibility index (Phi) is 3.44. The first-order valence-corrected chi connectivity index (χ1v) is 4.36. The number of aromatic nitrogens is 2. The maximum absolute atomic E-state index is 13.3. The number of nitriles is 1. The molecule has 0 N–H and O–H groups in total. The van der Waals surface area contributed by atoms with E-state index in [-0.39, 0.29) is 12.4 Å². The molecule has 0 amide bonds. The van der Waals surface area contributed by atoms with Gasteiger partial charge in [-0.05, 0) is 6.42 Å². The van der Waals surface area contributed by atoms with Crippen molar-refractivity contribution in [1.82, 2.24) is 9.78 Å². The minimum atomic E-state index is -0.366. The molecule has 0 atom stereocenters. The predicted molar refractivity (Wildman–Crippen MR) is 46.4 cm³/mol. The van der Waals surface area contributed by atoms with Gasteiger partial charge in [-0.2, -0.15) is 14.8 Å². The van der Waals surface area contributed by atoms with E-state index < -0.39 is 0 Å². The summed E-state index contributed by atoms with van der Waals surface area (Å²) in [6, 6.07) is 1.90. The van der Waals surface area contributed by atoms with Crippen LogP contribution in [0.2, 0.25) is 0 Å². The third kappa shape index (κ3) is 2.28. The molecule has 1 aromatic rings. The fraction of sp³-hybridized carbons (Fsp3) is 0.556. The summed E-state index contributed by atoms with van der Waals surface area (Å²) in [6.45, 7) is 2.63. The highest BCUT2D eigenvalue weighted by molar-refractivity contribution is 5.11. The summed E-state index contributed by atoms with van der Waals surface area (Å²) in [5, 5.41) is 12.2. The Hall–Kier alpha value is -1.37. The molecule has 0 aliphatic carbocycles. The van der Waals surface area contributed by atoms with Crippen molar-refractivity contribution in [2.75, 3.05) is 0 Å². The molecule has 0 unspecified atom stereocenters. The SMILES string of the molecule is CCCCn1ncc(CC#N)c1F. The van der Waals surface area contributed by atoms with Crippen molar-refractivity contribution in [2.24, 2.45) is 0 Å². The van der Waals surface area contributed by atoms with Crippen LogP contribution in [0.25, 0.3) is 0 Å². The summed E-state index contributed by atoms with van der Waals surface area (Å²) in [4.78, 5) is 0. The molecule has 0 saturated carbocycles. The Balaban J connectivity index is 2.69. The lowest BCUT2D eigenvalue weighted by molar-refractivity contribution is 0.440. The van der Waals surface area contributed by atoms with Gasteiger partial charge < -0.3 is 0 Å². The van der Waals surface area contributed by atoms with Crippen molar-refractivity contribution in [3.05, 3.63) is 17.7 Å². The van der Waals surface area contributed by atoms with Gasteiger partial charge in [0.15, 0.2) is 0 Å². The van der Waals surface area contributed by atoms with Gasteiger partial charge in [0.2, 0.25) is 5.95 Å². The number of aryl methyl sites for hydroxylation is 1. The lowest BCUT2D eigenvalue weighted by atomic mass is 10.3. The molecule has 0 aliphatic heterocycles. The van der Waals surface area contributed by atoms with E-state index in [0.29, 0.717) is 12.1 Å². The Morgan fingerprint density at radius 2 is 2.46 bits per heavy atom. The molecule has 0 spiro atoms. The number of hydrogen-bond donors (Lipinski definition) is 0. The molecular formula is C9H12FN3. The molecule has 0 aliphatic rings. The smallest absolute Gasteiger partial charge is 0.215 e. The summed E-state index contributed by atoms with van der Waals surface area (Å²) in [5.41, 5.74) is 0.388. The Labute approximate surface area is 76.8 Å². The third-order valence-corrected chi connectivity index (χ3v) is 1.84. The van der Waals surface area contributed by atoms with E-state index in [9.17, 15) is 4.39 Å². The molecule has 0 saturated heterocycles. The van der Waals surface area contributed by atoms with Crippen LogP contribution in [0.4, 0.5) is 4.39 Å². The van der Waals surface area contributed by atoms with Crippen LogP contribution >= 0.6 is 0 Å². The minimum Gasteiger partial charge on any atom is -0.239 e. The highest BCUT2D eigenvalue weighted by Gasteiger charge is 2.08. The van der Waals surface area contributed by atoms with Crippen LogP contribution in [0.1, 0.15) is 25.3 Å². The molecule has 1 heterocycles. The zero-order valence-electron chi connectivity index (χ0n) is 7.63. The van der Waals surface area contributed by atoms with Crippen molar-refractivity contribution in [3.8, 4) is 6.07 Å². The van der Waals surface area contributed by atoms with Gasteiger partial charge in [0.05, 0.1) is 18.7 Å². The second kappa shape index (κ2) is 4.61. The molecule has 0 bridgehead atoms. The quantitative estimate of drug-likeness (QED) is 0.711. The zero-order valence-corrected chi connectivity index (χ0v) is 7.63. The lowest BCUT2D eigenvalue weighted by Gasteiger charge is -1.99. The molecular weight excluding hydrogens is 169 g/mol. The first-order valence-electron chi connectivity index (χ1n) is 4.36. The van der Waals surface area contributed by atoms with Gasteiger partial charge in [-0.1, -0.05) is 13.3 Å². The summed E-state index contributed by atoms with van der Waals surface area (Å²) < 4.78 is 14.6. The highest BCUT2D eigenvalue weighted by Crippen LogP contribution is 2.07. The number of nitrogens with zero attached hydrogens (tertiary/aromatic N) is 3. The fourth-order valence-corrected chi connectivity index (χ4v) is 1.08. The van der Waals surface area contributed by atoms with E-state index in [4.69, 9.17) is 5.26 Å². The Morgan fingerprint density at radius 3 is 3.08 bits per heavy atom. The first-order chi connectivity index (χ1) is 6.29. The average molecular weight is 181 g/mol. The molecule has 1 aromatic heterocycles. The Bertz CT molecular complexity index is 311. The minimum absolute atomic E-state index is 0.0952. The monoisotopic (exact) mass is 181 g/mol. The second-order valence-electron chi connectivity index (χ2n) is 2.87. The summed E-state index contributed by atoms with van der Waals surface area (Å²) in [6.07, 6.45) is 3.43. The highest BCUT2D eigenvalue weighted by atomic mass is 19.1. The maximum atomic E-state index is 13.3. The number of halogens is 1. The normalized spacial score (nSPS) is 9.92. The Morgan fingerprint density at radius 1 is 1.69 bits per heavy atom. The van der Waals surface area contributed by atoms with Crippen molar-refractivity contribution in [3.63, 3.8) is 0 Å². The van der Waals surface area contributed by atoms with Crippen LogP contribution in [-0.2, 0) is 13.0 Å². The first kappa shape index (κ1) is 9.72. The van der Waals surface area contributed by atoms with E-state index in [0.717, 1.165) is 12.8 Å². The van der Waals surface area contributed by atoms with Crippen LogP contribution in [0.5, 0.6) is 0 Å². The van der Waals surface area contributed by atoms with Gasteiger partial charge >= 0.3 is 0 Å². The fourth-order valence-electron chi connectivity index (χ4n) is 1.08. The second-order valence-corrected chi connectivity index (χ2v) is 2.87. The number of rotatable bonds is 4. The summed E-state index contributed by atoms with van der Waals surface area (Å²) >= 11 is 0. The van der Waals surface area contributed by atoms with E-state index >= 15 is 0 Å². The van der Waals surface area contributed by atoms with Crippen LogP contribution < -0.4 is 0 Å². The molecule has 0 radical (unpaired) electrons. The zero-order chi connectivity index (χ0) is 9.68.